The van der Waals surface area contributed by atoms with E-state index in [1.54, 1.807) is 0 Å². The highest BCUT2D eigenvalue weighted by molar-refractivity contribution is 6.29. The van der Waals surface area contributed by atoms with Crippen molar-refractivity contribution in [3.05, 3.63) is 231 Å². The van der Waals surface area contributed by atoms with Crippen molar-refractivity contribution in [2.45, 2.75) is 0 Å². The molecule has 3 aromatic heterocycles. The third kappa shape index (κ3) is 6.44. The topological polar surface area (TPSA) is 43.6 Å². The lowest BCUT2D eigenvalue weighted by Crippen LogP contribution is -1.96. The Balaban J connectivity index is 0.985. The number of nitrogens with zero attached hydrogens (tertiary/aromatic N) is 4. The summed E-state index contributed by atoms with van der Waals surface area (Å²) in [6, 6.07) is 81.5. The van der Waals surface area contributed by atoms with Crippen molar-refractivity contribution in [3.63, 3.8) is 0 Å². The lowest BCUT2D eigenvalue weighted by atomic mass is 9.95. The van der Waals surface area contributed by atoms with Crippen LogP contribution in [0.3, 0.4) is 0 Å². The van der Waals surface area contributed by atoms with E-state index in [0.29, 0.717) is 5.82 Å². The van der Waals surface area contributed by atoms with Crippen molar-refractivity contribution in [2.75, 3.05) is 0 Å². The number of aromatic nitrogens is 4. The Morgan fingerprint density at radius 3 is 1.48 bits per heavy atom. The molecular formula is C59H38N4. The van der Waals surface area contributed by atoms with Crippen LogP contribution in [0.2, 0.25) is 0 Å². The fraction of sp³-hybridized carbons (Fsp3) is 0. The van der Waals surface area contributed by atoms with E-state index in [9.17, 15) is 0 Å². The first kappa shape index (κ1) is 36.4. The van der Waals surface area contributed by atoms with Crippen LogP contribution in [0.15, 0.2) is 231 Å². The van der Waals surface area contributed by atoms with Crippen LogP contribution in [0.1, 0.15) is 0 Å². The predicted octanol–water partition coefficient (Wildman–Crippen LogP) is 15.3. The van der Waals surface area contributed by atoms with Crippen molar-refractivity contribution in [1.82, 2.24) is 19.5 Å². The molecule has 63 heavy (non-hydrogen) atoms. The molecule has 0 unspecified atom stereocenters. The number of fused-ring (bicyclic) bond motifs is 7. The molecule has 9 aromatic carbocycles. The third-order valence-electron chi connectivity index (χ3n) is 12.2. The monoisotopic (exact) mass is 802 g/mol. The molecule has 0 aliphatic rings. The van der Waals surface area contributed by atoms with Crippen LogP contribution >= 0.6 is 0 Å². The van der Waals surface area contributed by atoms with Gasteiger partial charge < -0.3 is 4.57 Å². The normalized spacial score (nSPS) is 11.5. The Morgan fingerprint density at radius 2 is 0.810 bits per heavy atom. The predicted molar refractivity (Wildman–Crippen MR) is 262 cm³/mol. The zero-order valence-electron chi connectivity index (χ0n) is 34.2. The van der Waals surface area contributed by atoms with Crippen LogP contribution in [-0.2, 0) is 0 Å². The summed E-state index contributed by atoms with van der Waals surface area (Å²) in [7, 11) is 0. The second kappa shape index (κ2) is 15.2. The summed E-state index contributed by atoms with van der Waals surface area (Å²) in [5.41, 5.74) is 16.0. The Morgan fingerprint density at radius 1 is 0.286 bits per heavy atom. The van der Waals surface area contributed by atoms with Gasteiger partial charge in [-0.3, -0.25) is 0 Å². The molecule has 0 spiro atoms. The average molecular weight is 803 g/mol. The molecule has 0 N–H and O–H groups in total. The molecule has 0 bridgehead atoms. The number of hydrogen-bond donors (Lipinski definition) is 0. The highest BCUT2D eigenvalue weighted by atomic mass is 15.0. The second-order valence-corrected chi connectivity index (χ2v) is 16.0. The second-order valence-electron chi connectivity index (χ2n) is 16.0. The fourth-order valence-corrected chi connectivity index (χ4v) is 9.19. The highest BCUT2D eigenvalue weighted by Crippen LogP contribution is 2.43. The van der Waals surface area contributed by atoms with Crippen molar-refractivity contribution < 1.29 is 0 Å². The summed E-state index contributed by atoms with van der Waals surface area (Å²) >= 11 is 0. The van der Waals surface area contributed by atoms with Crippen LogP contribution in [0.5, 0.6) is 0 Å². The van der Waals surface area contributed by atoms with Crippen molar-refractivity contribution in [2.24, 2.45) is 0 Å². The van der Waals surface area contributed by atoms with Crippen molar-refractivity contribution in [1.29, 1.82) is 0 Å². The number of para-hydroxylation sites is 2. The summed E-state index contributed by atoms with van der Waals surface area (Å²) in [6.45, 7) is 0. The molecule has 0 fully saturated rings. The van der Waals surface area contributed by atoms with E-state index in [0.717, 1.165) is 89.1 Å². The van der Waals surface area contributed by atoms with Crippen molar-refractivity contribution in [3.8, 4) is 73.1 Å². The summed E-state index contributed by atoms with van der Waals surface area (Å²) in [5.74, 6) is 0.698. The van der Waals surface area contributed by atoms with Crippen LogP contribution in [0.4, 0.5) is 0 Å². The molecular weight excluding hydrogens is 765 g/mol. The first-order chi connectivity index (χ1) is 31.2. The molecule has 3 heterocycles. The van der Waals surface area contributed by atoms with Gasteiger partial charge in [-0.1, -0.05) is 182 Å². The van der Waals surface area contributed by atoms with Gasteiger partial charge in [0.25, 0.3) is 0 Å². The molecule has 12 rings (SSSR count). The van der Waals surface area contributed by atoms with Gasteiger partial charge in [-0.05, 0) is 70.8 Å². The minimum Gasteiger partial charge on any atom is -0.309 e. The van der Waals surface area contributed by atoms with Gasteiger partial charge >= 0.3 is 0 Å². The maximum absolute atomic E-state index is 5.27. The maximum Gasteiger partial charge on any atom is 0.160 e. The quantitative estimate of drug-likeness (QED) is 0.151. The van der Waals surface area contributed by atoms with Gasteiger partial charge in [-0.15, -0.1) is 0 Å². The molecule has 12 aromatic rings. The van der Waals surface area contributed by atoms with Gasteiger partial charge in [-0.2, -0.15) is 0 Å². The Bertz CT molecular complexity index is 3580. The first-order valence-electron chi connectivity index (χ1n) is 21.4. The number of benzene rings is 9. The molecule has 0 saturated heterocycles. The first-order valence-corrected chi connectivity index (χ1v) is 21.4. The zero-order valence-corrected chi connectivity index (χ0v) is 34.2. The van der Waals surface area contributed by atoms with E-state index >= 15 is 0 Å². The van der Waals surface area contributed by atoms with Gasteiger partial charge in [-0.25, -0.2) is 15.0 Å². The van der Waals surface area contributed by atoms with E-state index < -0.39 is 0 Å². The maximum atomic E-state index is 5.27. The molecule has 294 valence electrons. The molecule has 0 saturated carbocycles. The standard InChI is InChI=1S/C59H38N4/c1-5-16-41(17-6-1)52-38-53(42-18-7-2-8-19-42)62-59(61-52)46-23-15-22-44(36-46)39-28-30-40(31-29-39)45-32-34-54-50(37-45)57-55(63(54)47-24-11-4-12-25-47)35-33-49-56(57)48-26-13-14-27-51(48)60-58(49)43-20-9-3-10-21-43/h1-38H. The van der Waals surface area contributed by atoms with Crippen LogP contribution in [0, 0.1) is 0 Å². The van der Waals surface area contributed by atoms with E-state index in [1.807, 2.05) is 36.4 Å². The number of hydrogen-bond acceptors (Lipinski definition) is 3. The number of rotatable bonds is 7. The largest absolute Gasteiger partial charge is 0.309 e. The molecule has 4 nitrogen and oxygen atoms in total. The van der Waals surface area contributed by atoms with Crippen LogP contribution < -0.4 is 0 Å². The third-order valence-corrected chi connectivity index (χ3v) is 12.2. The Hall–Kier alpha value is -8.47. The summed E-state index contributed by atoms with van der Waals surface area (Å²) in [4.78, 5) is 15.5. The molecule has 0 radical (unpaired) electrons. The van der Waals surface area contributed by atoms with Gasteiger partial charge in [0.1, 0.15) is 0 Å². The fourth-order valence-electron chi connectivity index (χ4n) is 9.19. The summed E-state index contributed by atoms with van der Waals surface area (Å²) in [6.07, 6.45) is 0. The zero-order chi connectivity index (χ0) is 41.7. The van der Waals surface area contributed by atoms with Crippen LogP contribution in [-0.4, -0.2) is 19.5 Å². The SMILES string of the molecule is c1ccc(-c2cc(-c3ccccc3)nc(-c3cccc(-c4ccc(-c5ccc6c(c5)c5c7c(ccc5n6-c5ccccc5)c(-c5ccccc5)nc5ccccc57)cc4)c3)n2)cc1. The van der Waals surface area contributed by atoms with E-state index in [1.165, 1.54) is 21.7 Å². The van der Waals surface area contributed by atoms with Gasteiger partial charge in [0, 0.05) is 54.9 Å². The van der Waals surface area contributed by atoms with E-state index in [4.69, 9.17) is 15.0 Å². The minimum absolute atomic E-state index is 0.698. The highest BCUT2D eigenvalue weighted by Gasteiger charge is 2.20. The van der Waals surface area contributed by atoms with Gasteiger partial charge in [0.2, 0.25) is 0 Å². The lowest BCUT2D eigenvalue weighted by molar-refractivity contribution is 1.18. The molecule has 4 heteroatoms. The Kier molecular flexibility index (Phi) is 8.79. The van der Waals surface area contributed by atoms with Crippen molar-refractivity contribution >= 4 is 43.5 Å². The summed E-state index contributed by atoms with van der Waals surface area (Å²) in [5, 5.41) is 5.95. The van der Waals surface area contributed by atoms with Crippen LogP contribution in [0.25, 0.3) is 117 Å². The average Bonchev–Trinajstić information content (AvgIpc) is 3.71. The van der Waals surface area contributed by atoms with E-state index in [-0.39, 0.29) is 0 Å². The molecule has 0 atom stereocenters. The van der Waals surface area contributed by atoms with E-state index in [2.05, 4.69) is 199 Å². The van der Waals surface area contributed by atoms with Gasteiger partial charge in [0.15, 0.2) is 5.82 Å². The minimum atomic E-state index is 0.698. The number of pyridine rings is 1. The Labute approximate surface area is 365 Å². The lowest BCUT2D eigenvalue weighted by Gasteiger charge is -2.12. The molecule has 0 aliphatic carbocycles. The summed E-state index contributed by atoms with van der Waals surface area (Å²) < 4.78 is 2.41. The van der Waals surface area contributed by atoms with Gasteiger partial charge in [0.05, 0.1) is 33.6 Å². The molecule has 0 amide bonds. The molecule has 0 aliphatic heterocycles. The smallest absolute Gasteiger partial charge is 0.160 e.